The van der Waals surface area contributed by atoms with Crippen LogP contribution in [0.1, 0.15) is 40.1 Å². The number of imidazole rings is 1. The van der Waals surface area contributed by atoms with Crippen LogP contribution in [0.2, 0.25) is 0 Å². The number of aryl methyl sites for hydroxylation is 1. The average Bonchev–Trinajstić information content (AvgIpc) is 2.88. The third kappa shape index (κ3) is 2.31. The lowest BCUT2D eigenvalue weighted by Gasteiger charge is -2.01. The molecule has 0 saturated heterocycles. The van der Waals surface area contributed by atoms with Gasteiger partial charge in [-0.2, -0.15) is 0 Å². The number of methoxy groups -OCH3 is 2. The number of rotatable bonds is 4. The van der Waals surface area contributed by atoms with Gasteiger partial charge in [0.1, 0.15) is 16.9 Å². The van der Waals surface area contributed by atoms with Gasteiger partial charge in [-0.15, -0.1) is 10.2 Å². The Morgan fingerprint density at radius 2 is 1.70 bits per heavy atom. The first kappa shape index (κ1) is 13.9. The molecule has 0 aliphatic carbocycles. The van der Waals surface area contributed by atoms with Crippen molar-refractivity contribution < 1.29 is 19.1 Å². The molecule has 2 rings (SSSR count). The molecule has 0 unspecified atom stereocenters. The van der Waals surface area contributed by atoms with E-state index in [1.54, 1.807) is 0 Å². The number of aromatic nitrogens is 4. The highest BCUT2D eigenvalue weighted by Gasteiger charge is 2.23. The number of hydrogen-bond acceptors (Lipinski definition) is 7. The highest BCUT2D eigenvalue weighted by atomic mass is 16.5. The summed E-state index contributed by atoms with van der Waals surface area (Å²) in [5.41, 5.74) is 0.546. The van der Waals surface area contributed by atoms with Crippen molar-refractivity contribution in [3.05, 3.63) is 17.2 Å². The van der Waals surface area contributed by atoms with Crippen LogP contribution in [0.25, 0.3) is 11.0 Å². The minimum atomic E-state index is -0.659. The van der Waals surface area contributed by atoms with Crippen LogP contribution in [0.3, 0.4) is 0 Å². The number of aromatic amines is 1. The molecule has 0 aromatic carbocycles. The van der Waals surface area contributed by atoms with E-state index >= 15 is 0 Å². The zero-order valence-electron chi connectivity index (χ0n) is 11.4. The third-order valence-electron chi connectivity index (χ3n) is 2.71. The fourth-order valence-corrected chi connectivity index (χ4v) is 1.79. The predicted molar refractivity (Wildman–Crippen MR) is 68.4 cm³/mol. The number of ether oxygens (including phenoxy) is 2. The second-order valence-electron chi connectivity index (χ2n) is 4.04. The summed E-state index contributed by atoms with van der Waals surface area (Å²) in [6.07, 6.45) is 1.54. The minimum absolute atomic E-state index is 0.00925. The van der Waals surface area contributed by atoms with E-state index in [-0.39, 0.29) is 16.9 Å². The molecule has 0 aliphatic heterocycles. The standard InChI is InChI=1S/C12H14N4O4/c1-4-5-6-13-7-8(14-6)10(12(18)20-3)16-15-9(7)11(17)19-2/h4-5H2,1-3H3,(H,13,14). The molecule has 8 heteroatoms. The number of esters is 2. The Kier molecular flexibility index (Phi) is 3.92. The van der Waals surface area contributed by atoms with Crippen LogP contribution in [0, 0.1) is 0 Å². The second kappa shape index (κ2) is 5.64. The molecule has 0 aliphatic rings. The molecule has 0 saturated carbocycles. The number of nitrogens with one attached hydrogen (secondary N) is 1. The van der Waals surface area contributed by atoms with E-state index in [0.29, 0.717) is 17.8 Å². The maximum absolute atomic E-state index is 11.7. The summed E-state index contributed by atoms with van der Waals surface area (Å²) in [5, 5.41) is 7.44. The van der Waals surface area contributed by atoms with E-state index < -0.39 is 11.9 Å². The summed E-state index contributed by atoms with van der Waals surface area (Å²) in [4.78, 5) is 30.6. The molecule has 2 aromatic rings. The first-order valence-corrected chi connectivity index (χ1v) is 6.04. The summed E-state index contributed by atoms with van der Waals surface area (Å²) in [7, 11) is 2.48. The van der Waals surface area contributed by atoms with E-state index in [9.17, 15) is 9.59 Å². The lowest BCUT2D eigenvalue weighted by Crippen LogP contribution is -2.12. The molecule has 0 atom stereocenters. The van der Waals surface area contributed by atoms with Gasteiger partial charge in [-0.25, -0.2) is 14.6 Å². The van der Waals surface area contributed by atoms with Crippen LogP contribution in [0.15, 0.2) is 0 Å². The number of carbonyl (C=O) groups excluding carboxylic acids is 2. The van der Waals surface area contributed by atoms with Gasteiger partial charge in [-0.05, 0) is 6.42 Å². The SMILES string of the molecule is CCCc1nc2c(C(=O)OC)nnc(C(=O)OC)c2[nH]1. The summed E-state index contributed by atoms with van der Waals surface area (Å²) in [5.74, 6) is -0.660. The van der Waals surface area contributed by atoms with Gasteiger partial charge in [-0.3, -0.25) is 0 Å². The van der Waals surface area contributed by atoms with E-state index in [2.05, 4.69) is 29.6 Å². The number of hydrogen-bond donors (Lipinski definition) is 1. The molecule has 106 valence electrons. The van der Waals surface area contributed by atoms with Crippen molar-refractivity contribution >= 4 is 23.0 Å². The van der Waals surface area contributed by atoms with Crippen molar-refractivity contribution in [2.24, 2.45) is 0 Å². The monoisotopic (exact) mass is 278 g/mol. The summed E-state index contributed by atoms with van der Waals surface area (Å²) < 4.78 is 9.26. The van der Waals surface area contributed by atoms with Crippen molar-refractivity contribution in [1.82, 2.24) is 20.2 Å². The predicted octanol–water partition coefficient (Wildman–Crippen LogP) is 0.879. The first-order valence-electron chi connectivity index (χ1n) is 6.04. The molecule has 8 nitrogen and oxygen atoms in total. The van der Waals surface area contributed by atoms with Crippen LogP contribution in [-0.2, 0) is 15.9 Å². The second-order valence-corrected chi connectivity index (χ2v) is 4.04. The van der Waals surface area contributed by atoms with Gasteiger partial charge in [0.25, 0.3) is 0 Å². The lowest BCUT2D eigenvalue weighted by molar-refractivity contribution is 0.0577. The smallest absolute Gasteiger partial charge is 0.360 e. The Morgan fingerprint density at radius 1 is 1.10 bits per heavy atom. The number of carbonyl (C=O) groups is 2. The quantitative estimate of drug-likeness (QED) is 0.827. The van der Waals surface area contributed by atoms with Crippen LogP contribution in [-0.4, -0.2) is 46.3 Å². The van der Waals surface area contributed by atoms with Gasteiger partial charge < -0.3 is 14.5 Å². The van der Waals surface area contributed by atoms with E-state index in [1.165, 1.54) is 14.2 Å². The van der Waals surface area contributed by atoms with Gasteiger partial charge in [-0.1, -0.05) is 6.92 Å². The van der Waals surface area contributed by atoms with E-state index in [4.69, 9.17) is 0 Å². The Labute approximate surface area is 114 Å². The molecule has 0 amide bonds. The Balaban J connectivity index is 2.68. The van der Waals surface area contributed by atoms with Crippen molar-refractivity contribution in [3.8, 4) is 0 Å². The van der Waals surface area contributed by atoms with E-state index in [1.807, 2.05) is 6.92 Å². The molecule has 0 fully saturated rings. The van der Waals surface area contributed by atoms with Crippen molar-refractivity contribution in [3.63, 3.8) is 0 Å². The molecule has 0 bridgehead atoms. The number of nitrogens with zero attached hydrogens (tertiary/aromatic N) is 3. The van der Waals surface area contributed by atoms with E-state index in [0.717, 1.165) is 6.42 Å². The summed E-state index contributed by atoms with van der Waals surface area (Å²) >= 11 is 0. The topological polar surface area (TPSA) is 107 Å². The third-order valence-corrected chi connectivity index (χ3v) is 2.71. The van der Waals surface area contributed by atoms with Crippen molar-refractivity contribution in [1.29, 1.82) is 0 Å². The van der Waals surface area contributed by atoms with Gasteiger partial charge in [0, 0.05) is 6.42 Å². The Morgan fingerprint density at radius 3 is 2.30 bits per heavy atom. The zero-order valence-corrected chi connectivity index (χ0v) is 11.4. The fraction of sp³-hybridized carbons (Fsp3) is 0.417. The average molecular weight is 278 g/mol. The molecular weight excluding hydrogens is 264 g/mol. The Bertz CT molecular complexity index is 612. The lowest BCUT2D eigenvalue weighted by atomic mass is 10.2. The van der Waals surface area contributed by atoms with Gasteiger partial charge in [0.15, 0.2) is 11.4 Å². The summed E-state index contributed by atoms with van der Waals surface area (Å²) in [6, 6.07) is 0. The number of H-pyrrole nitrogens is 1. The number of fused-ring (bicyclic) bond motifs is 1. The van der Waals surface area contributed by atoms with Crippen LogP contribution in [0.4, 0.5) is 0 Å². The molecule has 20 heavy (non-hydrogen) atoms. The normalized spacial score (nSPS) is 10.6. The van der Waals surface area contributed by atoms with Gasteiger partial charge in [0.05, 0.1) is 14.2 Å². The Hall–Kier alpha value is -2.51. The first-order chi connectivity index (χ1) is 9.62. The van der Waals surface area contributed by atoms with Gasteiger partial charge in [0.2, 0.25) is 0 Å². The van der Waals surface area contributed by atoms with Crippen LogP contribution < -0.4 is 0 Å². The van der Waals surface area contributed by atoms with Crippen LogP contribution >= 0.6 is 0 Å². The molecule has 2 heterocycles. The van der Waals surface area contributed by atoms with Crippen molar-refractivity contribution in [2.45, 2.75) is 19.8 Å². The van der Waals surface area contributed by atoms with Gasteiger partial charge >= 0.3 is 11.9 Å². The minimum Gasteiger partial charge on any atom is -0.464 e. The molecule has 0 radical (unpaired) electrons. The molecule has 0 spiro atoms. The van der Waals surface area contributed by atoms with Crippen LogP contribution in [0.5, 0.6) is 0 Å². The summed E-state index contributed by atoms with van der Waals surface area (Å²) in [6.45, 7) is 1.99. The zero-order chi connectivity index (χ0) is 14.7. The maximum atomic E-state index is 11.7. The molecular formula is C12H14N4O4. The largest absolute Gasteiger partial charge is 0.464 e. The molecule has 2 aromatic heterocycles. The fourth-order valence-electron chi connectivity index (χ4n) is 1.79. The highest BCUT2D eigenvalue weighted by Crippen LogP contribution is 2.19. The molecule has 1 N–H and O–H groups in total. The van der Waals surface area contributed by atoms with Crippen molar-refractivity contribution in [2.75, 3.05) is 14.2 Å². The highest BCUT2D eigenvalue weighted by molar-refractivity contribution is 6.06. The maximum Gasteiger partial charge on any atom is 0.360 e.